The summed E-state index contributed by atoms with van der Waals surface area (Å²) in [7, 11) is 0. The fraction of sp³-hybridized carbons (Fsp3) is 0.957. The predicted molar refractivity (Wildman–Crippen MR) is 223 cm³/mol. The standard InChI is InChI=1S/C46H91N3O/c1-3-5-7-9-11-13-15-17-19-21-22-23-24-25-27-29-31-33-35-37-39-45-47-41-43-49(45)44-42-48-46(50)40-38-36-34-32-30-28-26-20-18-16-14-12-10-8-6-4-2/h43,45,47H,3-42,44H2,1-2H3/p+1. The molecule has 1 heterocycles. The molecular formula is C46H92N3O+. The summed E-state index contributed by atoms with van der Waals surface area (Å²) in [4.78, 5) is 12.4. The molecule has 0 aromatic rings. The molecule has 1 aliphatic heterocycles. The number of carbonyl (C=O) groups is 1. The smallest absolute Gasteiger partial charge is 0.220 e. The van der Waals surface area contributed by atoms with Crippen molar-refractivity contribution in [3.05, 3.63) is 0 Å². The third-order valence-electron chi connectivity index (χ3n) is 11.4. The molecule has 1 unspecified atom stereocenters. The van der Waals surface area contributed by atoms with Crippen LogP contribution in [0.1, 0.15) is 258 Å². The van der Waals surface area contributed by atoms with Crippen molar-refractivity contribution in [2.75, 3.05) is 19.6 Å². The van der Waals surface area contributed by atoms with Gasteiger partial charge in [0.25, 0.3) is 0 Å². The van der Waals surface area contributed by atoms with E-state index in [0.717, 1.165) is 26.1 Å². The van der Waals surface area contributed by atoms with Gasteiger partial charge < -0.3 is 5.32 Å². The van der Waals surface area contributed by atoms with E-state index in [2.05, 4.69) is 35.3 Å². The van der Waals surface area contributed by atoms with Gasteiger partial charge in [-0.05, 0) is 12.8 Å². The predicted octanol–water partition coefficient (Wildman–Crippen LogP) is 14.0. The molecule has 1 aliphatic rings. The van der Waals surface area contributed by atoms with E-state index in [0.29, 0.717) is 12.6 Å². The third kappa shape index (κ3) is 33.0. The Hall–Kier alpha value is -0.900. The van der Waals surface area contributed by atoms with Crippen LogP contribution in [0.15, 0.2) is 0 Å². The summed E-state index contributed by atoms with van der Waals surface area (Å²) < 4.78 is 2.44. The monoisotopic (exact) mass is 703 g/mol. The molecule has 0 saturated heterocycles. The fourth-order valence-corrected chi connectivity index (χ4v) is 7.90. The number of hydrogen-bond acceptors (Lipinski definition) is 2. The summed E-state index contributed by atoms with van der Waals surface area (Å²) in [5, 5.41) is 6.83. The Morgan fingerprint density at radius 2 is 0.820 bits per heavy atom. The van der Waals surface area contributed by atoms with Crippen molar-refractivity contribution in [3.63, 3.8) is 0 Å². The fourth-order valence-electron chi connectivity index (χ4n) is 7.90. The van der Waals surface area contributed by atoms with E-state index in [-0.39, 0.29) is 5.91 Å². The number of carbonyl (C=O) groups excluding carboxylic acids is 1. The number of nitrogens with one attached hydrogen (secondary N) is 2. The minimum atomic E-state index is 0.244. The first-order valence-electron chi connectivity index (χ1n) is 23.4. The van der Waals surface area contributed by atoms with Crippen molar-refractivity contribution in [1.82, 2.24) is 10.6 Å². The lowest BCUT2D eigenvalue weighted by atomic mass is 10.0. The molecule has 1 amide bonds. The van der Waals surface area contributed by atoms with E-state index in [1.54, 1.807) is 0 Å². The molecule has 1 atom stereocenters. The van der Waals surface area contributed by atoms with Gasteiger partial charge in [-0.3, -0.25) is 4.79 Å². The van der Waals surface area contributed by atoms with E-state index in [9.17, 15) is 4.79 Å². The average Bonchev–Trinajstić information content (AvgIpc) is 3.57. The van der Waals surface area contributed by atoms with Crippen LogP contribution in [0.5, 0.6) is 0 Å². The summed E-state index contributed by atoms with van der Waals surface area (Å²) in [6.07, 6.45) is 55.4. The molecule has 2 N–H and O–H groups in total. The lowest BCUT2D eigenvalue weighted by Gasteiger charge is -2.12. The minimum Gasteiger partial charge on any atom is -0.350 e. The highest BCUT2D eigenvalue weighted by Gasteiger charge is 2.24. The Morgan fingerprint density at radius 3 is 1.18 bits per heavy atom. The summed E-state index contributed by atoms with van der Waals surface area (Å²) in [6, 6.07) is 0. The van der Waals surface area contributed by atoms with Gasteiger partial charge in [0.2, 0.25) is 12.1 Å². The zero-order chi connectivity index (χ0) is 35.8. The van der Waals surface area contributed by atoms with Gasteiger partial charge in [0.05, 0.1) is 13.1 Å². The van der Waals surface area contributed by atoms with Crippen LogP contribution < -0.4 is 10.6 Å². The van der Waals surface area contributed by atoms with Crippen LogP contribution in [0.25, 0.3) is 0 Å². The Kier molecular flexibility index (Phi) is 37.0. The number of hydrogen-bond donors (Lipinski definition) is 2. The molecule has 4 heteroatoms. The van der Waals surface area contributed by atoms with E-state index in [1.807, 2.05) is 0 Å². The quantitative estimate of drug-likeness (QED) is 0.0492. The number of nitrogens with zero attached hydrogens (tertiary/aromatic N) is 1. The van der Waals surface area contributed by atoms with Crippen LogP contribution in [0.2, 0.25) is 0 Å². The average molecular weight is 703 g/mol. The number of rotatable bonds is 41. The van der Waals surface area contributed by atoms with Crippen molar-refractivity contribution in [2.45, 2.75) is 264 Å². The van der Waals surface area contributed by atoms with Gasteiger partial charge in [-0.25, -0.2) is 9.89 Å². The zero-order valence-electron chi connectivity index (χ0n) is 34.5. The number of amides is 1. The van der Waals surface area contributed by atoms with Crippen LogP contribution >= 0.6 is 0 Å². The van der Waals surface area contributed by atoms with Gasteiger partial charge >= 0.3 is 0 Å². The Morgan fingerprint density at radius 1 is 0.500 bits per heavy atom. The topological polar surface area (TPSA) is 44.1 Å². The molecule has 4 nitrogen and oxygen atoms in total. The molecule has 1 rings (SSSR count). The summed E-state index contributed by atoms with van der Waals surface area (Å²) in [5.74, 6) is 0.244. The van der Waals surface area contributed by atoms with Crippen LogP contribution in [0.3, 0.4) is 0 Å². The van der Waals surface area contributed by atoms with Crippen LogP contribution in [0.4, 0.5) is 0 Å². The summed E-state index contributed by atoms with van der Waals surface area (Å²) in [6.45, 7) is 7.27. The third-order valence-corrected chi connectivity index (χ3v) is 11.4. The second kappa shape index (κ2) is 39.3. The van der Waals surface area contributed by atoms with Crippen molar-refractivity contribution in [3.8, 4) is 0 Å². The van der Waals surface area contributed by atoms with Crippen molar-refractivity contribution in [1.29, 1.82) is 0 Å². The molecular weight excluding hydrogens is 611 g/mol. The van der Waals surface area contributed by atoms with Gasteiger partial charge in [-0.2, -0.15) is 0 Å². The van der Waals surface area contributed by atoms with Gasteiger partial charge in [0, 0.05) is 12.8 Å². The highest BCUT2D eigenvalue weighted by Crippen LogP contribution is 2.17. The van der Waals surface area contributed by atoms with Gasteiger partial charge in [0.1, 0.15) is 0 Å². The van der Waals surface area contributed by atoms with Gasteiger partial charge in [-0.15, -0.1) is 0 Å². The lowest BCUT2D eigenvalue weighted by molar-refractivity contribution is -0.558. The molecule has 0 aliphatic carbocycles. The lowest BCUT2D eigenvalue weighted by Crippen LogP contribution is -2.37. The van der Waals surface area contributed by atoms with E-state index >= 15 is 0 Å². The second-order valence-electron chi connectivity index (χ2n) is 16.3. The molecule has 0 aromatic heterocycles. The Balaban J connectivity index is 1.81. The molecule has 0 bridgehead atoms. The van der Waals surface area contributed by atoms with Crippen molar-refractivity contribution >= 4 is 12.1 Å². The van der Waals surface area contributed by atoms with Gasteiger partial charge in [0.15, 0.2) is 12.8 Å². The van der Waals surface area contributed by atoms with Crippen LogP contribution in [0, 0.1) is 0 Å². The Labute approximate surface area is 315 Å². The van der Waals surface area contributed by atoms with E-state index in [1.165, 1.54) is 231 Å². The highest BCUT2D eigenvalue weighted by atomic mass is 16.1. The molecule has 0 radical (unpaired) electrons. The SMILES string of the molecule is CCCCCCCCCCCCCCCCCCCCCCC1NCC=[N+]1CCNC(=O)CCCCCCCCCCCCCCCCCC. The molecule has 0 aromatic carbocycles. The molecule has 0 spiro atoms. The Bertz CT molecular complexity index is 722. The second-order valence-corrected chi connectivity index (χ2v) is 16.3. The van der Waals surface area contributed by atoms with Gasteiger partial charge in [-0.1, -0.05) is 232 Å². The van der Waals surface area contributed by atoms with Crippen molar-refractivity contribution in [2.24, 2.45) is 0 Å². The first-order chi connectivity index (χ1) is 24.8. The maximum absolute atomic E-state index is 12.4. The molecule has 50 heavy (non-hydrogen) atoms. The van der Waals surface area contributed by atoms with Crippen molar-refractivity contribution < 1.29 is 9.37 Å². The van der Waals surface area contributed by atoms with E-state index in [4.69, 9.17) is 0 Å². The normalized spacial score (nSPS) is 14.4. The maximum Gasteiger partial charge on any atom is 0.220 e. The first-order valence-corrected chi connectivity index (χ1v) is 23.4. The maximum atomic E-state index is 12.4. The van der Waals surface area contributed by atoms with E-state index < -0.39 is 0 Å². The number of unbranched alkanes of at least 4 members (excludes halogenated alkanes) is 34. The largest absolute Gasteiger partial charge is 0.350 e. The molecule has 296 valence electrons. The highest BCUT2D eigenvalue weighted by molar-refractivity contribution is 5.75. The molecule has 0 saturated carbocycles. The zero-order valence-corrected chi connectivity index (χ0v) is 34.5. The summed E-state index contributed by atoms with van der Waals surface area (Å²) >= 11 is 0. The first kappa shape index (κ1) is 47.1. The van der Waals surface area contributed by atoms with Crippen LogP contribution in [-0.4, -0.2) is 42.5 Å². The summed E-state index contributed by atoms with van der Waals surface area (Å²) in [5.41, 5.74) is 0. The minimum absolute atomic E-state index is 0.244. The van der Waals surface area contributed by atoms with Crippen LogP contribution in [-0.2, 0) is 4.79 Å². The molecule has 0 fully saturated rings.